The summed E-state index contributed by atoms with van der Waals surface area (Å²) in [7, 11) is 1.51. The maximum Gasteiger partial charge on any atom is 0.231 e. The van der Waals surface area contributed by atoms with E-state index in [4.69, 9.17) is 10.5 Å². The van der Waals surface area contributed by atoms with Crippen molar-refractivity contribution in [1.29, 1.82) is 0 Å². The van der Waals surface area contributed by atoms with Crippen LogP contribution in [0.5, 0.6) is 11.5 Å². The molecule has 30 heavy (non-hydrogen) atoms. The highest BCUT2D eigenvalue weighted by atomic mass is 16.5. The highest BCUT2D eigenvalue weighted by Gasteiger charge is 2.26. The third-order valence-corrected chi connectivity index (χ3v) is 5.07. The van der Waals surface area contributed by atoms with Crippen LogP contribution in [0.4, 0.5) is 0 Å². The van der Waals surface area contributed by atoms with Gasteiger partial charge < -0.3 is 20.9 Å². The van der Waals surface area contributed by atoms with E-state index in [-0.39, 0.29) is 24.3 Å². The number of aryl methyl sites for hydroxylation is 1. The van der Waals surface area contributed by atoms with E-state index in [2.05, 4.69) is 15.3 Å². The first-order chi connectivity index (χ1) is 14.6. The molecule has 1 amide bonds. The average Bonchev–Trinajstić information content (AvgIpc) is 2.77. The van der Waals surface area contributed by atoms with Gasteiger partial charge >= 0.3 is 0 Å². The molecule has 3 aromatic rings. The molecule has 0 spiro atoms. The molecule has 3 rings (SSSR count). The number of carbonyl (C=O) groups is 1. The van der Waals surface area contributed by atoms with Gasteiger partial charge in [-0.1, -0.05) is 12.1 Å². The van der Waals surface area contributed by atoms with E-state index in [0.29, 0.717) is 5.75 Å². The zero-order chi connectivity index (χ0) is 21.3. The van der Waals surface area contributed by atoms with Crippen molar-refractivity contribution in [3.63, 3.8) is 0 Å². The van der Waals surface area contributed by atoms with Gasteiger partial charge in [0.1, 0.15) is 0 Å². The number of primary amides is 1. The Morgan fingerprint density at radius 3 is 2.60 bits per heavy atom. The van der Waals surface area contributed by atoms with Gasteiger partial charge in [-0.05, 0) is 59.9 Å². The van der Waals surface area contributed by atoms with Gasteiger partial charge in [0.25, 0.3) is 0 Å². The molecule has 2 heterocycles. The number of aromatic hydroxyl groups is 1. The second-order valence-corrected chi connectivity index (χ2v) is 7.04. The van der Waals surface area contributed by atoms with Gasteiger partial charge in [0.15, 0.2) is 11.5 Å². The second kappa shape index (κ2) is 10.4. The topological polar surface area (TPSA) is 110 Å². The van der Waals surface area contributed by atoms with Crippen molar-refractivity contribution >= 4 is 5.91 Å². The number of pyridine rings is 2. The molecule has 0 aliphatic carbocycles. The molecule has 2 unspecified atom stereocenters. The summed E-state index contributed by atoms with van der Waals surface area (Å²) in [5.74, 6) is -0.00709. The van der Waals surface area contributed by atoms with E-state index in [1.165, 1.54) is 12.7 Å². The maximum atomic E-state index is 11.5. The largest absolute Gasteiger partial charge is 0.504 e. The fraction of sp³-hybridized carbons (Fsp3) is 0.261. The predicted octanol–water partition coefficient (Wildman–Crippen LogP) is 2.72. The average molecular weight is 406 g/mol. The van der Waals surface area contributed by atoms with Crippen LogP contribution in [-0.4, -0.2) is 34.6 Å². The number of methoxy groups -OCH3 is 1. The first-order valence-electron chi connectivity index (χ1n) is 9.76. The Morgan fingerprint density at radius 1 is 1.13 bits per heavy atom. The van der Waals surface area contributed by atoms with Crippen molar-refractivity contribution in [2.45, 2.75) is 24.8 Å². The fourth-order valence-electron chi connectivity index (χ4n) is 3.58. The highest BCUT2D eigenvalue weighted by molar-refractivity contribution is 5.76. The molecule has 0 fully saturated rings. The molecule has 2 atom stereocenters. The standard InChI is InChI=1S/C23H26N4O3/c1-30-21-13-17(5-7-20(21)28)23(27-15-22(24)29)19(18-3-2-10-26-14-18)6-4-16-8-11-25-12-9-16/h2-3,5,7-14,19,23,27-28H,4,6,15H2,1H3,(H2,24,29). The number of phenols is 1. The number of amides is 1. The number of phenolic OH excluding ortho intramolecular Hbond substituents is 1. The molecule has 7 heteroatoms. The van der Waals surface area contributed by atoms with Gasteiger partial charge in [-0.25, -0.2) is 0 Å². The summed E-state index contributed by atoms with van der Waals surface area (Å²) in [6.07, 6.45) is 8.76. The molecule has 0 aliphatic rings. The molecule has 1 aromatic carbocycles. The van der Waals surface area contributed by atoms with Gasteiger partial charge in [0, 0.05) is 36.7 Å². The van der Waals surface area contributed by atoms with Crippen molar-refractivity contribution in [2.75, 3.05) is 13.7 Å². The Bertz CT molecular complexity index is 951. The number of nitrogens with two attached hydrogens (primary N) is 1. The Morgan fingerprint density at radius 2 is 1.93 bits per heavy atom. The number of benzene rings is 1. The fourth-order valence-corrected chi connectivity index (χ4v) is 3.58. The lowest BCUT2D eigenvalue weighted by Gasteiger charge is -2.29. The molecule has 0 radical (unpaired) electrons. The Balaban J connectivity index is 1.97. The van der Waals surface area contributed by atoms with E-state index < -0.39 is 5.91 Å². The Labute approximate surface area is 175 Å². The third-order valence-electron chi connectivity index (χ3n) is 5.07. The number of nitrogens with zero attached hydrogens (tertiary/aromatic N) is 2. The number of nitrogens with one attached hydrogen (secondary N) is 1. The quantitative estimate of drug-likeness (QED) is 0.477. The lowest BCUT2D eigenvalue weighted by molar-refractivity contribution is -0.117. The van der Waals surface area contributed by atoms with Gasteiger partial charge in [-0.3, -0.25) is 14.8 Å². The molecule has 0 saturated heterocycles. The van der Waals surface area contributed by atoms with Crippen LogP contribution < -0.4 is 15.8 Å². The summed E-state index contributed by atoms with van der Waals surface area (Å²) in [6.45, 7) is 0.0277. The second-order valence-electron chi connectivity index (χ2n) is 7.04. The van der Waals surface area contributed by atoms with Crippen LogP contribution in [0.2, 0.25) is 0 Å². The van der Waals surface area contributed by atoms with Crippen LogP contribution >= 0.6 is 0 Å². The molecule has 0 aliphatic heterocycles. The molecular weight excluding hydrogens is 380 g/mol. The summed E-state index contributed by atoms with van der Waals surface area (Å²) in [5, 5.41) is 13.3. The van der Waals surface area contributed by atoms with Crippen LogP contribution in [-0.2, 0) is 11.2 Å². The van der Waals surface area contributed by atoms with E-state index in [1.54, 1.807) is 30.7 Å². The molecule has 0 bridgehead atoms. The Hall–Kier alpha value is -3.45. The van der Waals surface area contributed by atoms with E-state index in [1.807, 2.05) is 36.5 Å². The smallest absolute Gasteiger partial charge is 0.231 e. The Kier molecular flexibility index (Phi) is 7.34. The van der Waals surface area contributed by atoms with Gasteiger partial charge in [-0.15, -0.1) is 0 Å². The summed E-state index contributed by atoms with van der Waals surface area (Å²) >= 11 is 0. The summed E-state index contributed by atoms with van der Waals surface area (Å²) in [5.41, 5.74) is 8.52. The molecule has 7 nitrogen and oxygen atoms in total. The molecular formula is C23H26N4O3. The minimum Gasteiger partial charge on any atom is -0.504 e. The van der Waals surface area contributed by atoms with Crippen molar-refractivity contribution in [3.8, 4) is 11.5 Å². The van der Waals surface area contributed by atoms with Crippen LogP contribution in [0.1, 0.15) is 35.1 Å². The van der Waals surface area contributed by atoms with Gasteiger partial charge in [0.2, 0.25) is 5.91 Å². The minimum absolute atomic E-state index is 0.000430. The zero-order valence-electron chi connectivity index (χ0n) is 16.9. The predicted molar refractivity (Wildman–Crippen MR) is 114 cm³/mol. The lowest BCUT2D eigenvalue weighted by atomic mass is 9.83. The van der Waals surface area contributed by atoms with Crippen molar-refractivity contribution in [3.05, 3.63) is 83.9 Å². The van der Waals surface area contributed by atoms with Crippen molar-refractivity contribution < 1.29 is 14.6 Å². The summed E-state index contributed by atoms with van der Waals surface area (Å²) in [4.78, 5) is 19.9. The van der Waals surface area contributed by atoms with Crippen molar-refractivity contribution in [2.24, 2.45) is 5.73 Å². The van der Waals surface area contributed by atoms with E-state index >= 15 is 0 Å². The monoisotopic (exact) mass is 406 g/mol. The maximum absolute atomic E-state index is 11.5. The summed E-state index contributed by atoms with van der Waals surface area (Å²) < 4.78 is 5.29. The summed E-state index contributed by atoms with van der Waals surface area (Å²) in [6, 6.07) is 12.9. The number of hydrogen-bond donors (Lipinski definition) is 3. The first kappa shape index (κ1) is 21.3. The van der Waals surface area contributed by atoms with Crippen LogP contribution in [0.3, 0.4) is 0 Å². The zero-order valence-corrected chi connectivity index (χ0v) is 16.9. The van der Waals surface area contributed by atoms with Crippen LogP contribution in [0.25, 0.3) is 0 Å². The van der Waals surface area contributed by atoms with E-state index in [9.17, 15) is 9.90 Å². The third kappa shape index (κ3) is 5.55. The van der Waals surface area contributed by atoms with Gasteiger partial charge in [0.05, 0.1) is 13.7 Å². The van der Waals surface area contributed by atoms with Crippen LogP contribution in [0, 0.1) is 0 Å². The van der Waals surface area contributed by atoms with Gasteiger partial charge in [-0.2, -0.15) is 0 Å². The number of hydrogen-bond acceptors (Lipinski definition) is 6. The number of aromatic nitrogens is 2. The number of carbonyl (C=O) groups excluding carboxylic acids is 1. The molecule has 2 aromatic heterocycles. The first-order valence-corrected chi connectivity index (χ1v) is 9.76. The number of rotatable bonds is 10. The minimum atomic E-state index is -0.440. The molecule has 156 valence electrons. The lowest BCUT2D eigenvalue weighted by Crippen LogP contribution is -2.35. The van der Waals surface area contributed by atoms with Crippen molar-refractivity contribution in [1.82, 2.24) is 15.3 Å². The number of ether oxygens (including phenoxy) is 1. The van der Waals surface area contributed by atoms with E-state index in [0.717, 1.165) is 24.0 Å². The molecule has 0 saturated carbocycles. The highest BCUT2D eigenvalue weighted by Crippen LogP contribution is 2.37. The normalized spacial score (nSPS) is 12.8. The molecule has 4 N–H and O–H groups in total. The van der Waals surface area contributed by atoms with Crippen LogP contribution in [0.15, 0.2) is 67.3 Å². The SMILES string of the molecule is COc1cc(C(NCC(N)=O)C(CCc2ccncc2)c2cccnc2)ccc1O.